The number of pyridine rings is 1. The van der Waals surface area contributed by atoms with Crippen molar-refractivity contribution in [2.75, 3.05) is 0 Å². The lowest BCUT2D eigenvalue weighted by Crippen LogP contribution is -2.20. The second kappa shape index (κ2) is 5.35. The molecule has 3 nitrogen and oxygen atoms in total. The first-order valence-electron chi connectivity index (χ1n) is 5.00. The average Bonchev–Trinajstić information content (AvgIpc) is 2.20. The van der Waals surface area contributed by atoms with Crippen molar-refractivity contribution in [1.29, 1.82) is 0 Å². The number of hydrogen-bond donors (Lipinski definition) is 0. The number of hydrogen-bond acceptors (Lipinski definition) is 2. The molecule has 1 heterocycles. The van der Waals surface area contributed by atoms with Crippen LogP contribution in [-0.2, 0) is 11.0 Å². The van der Waals surface area contributed by atoms with Crippen LogP contribution in [0.3, 0.4) is 0 Å². The predicted octanol–water partition coefficient (Wildman–Crippen LogP) is 3.25. The Bertz CT molecular complexity index is 483. The monoisotopic (exact) mass is 320 g/mol. The summed E-state index contributed by atoms with van der Waals surface area (Å²) in [6.07, 6.45) is 1.11. The molecule has 1 aromatic heterocycles. The molecule has 17 heavy (non-hydrogen) atoms. The molecule has 94 valence electrons. The Kier molecular flexibility index (Phi) is 4.55. The fourth-order valence-corrected chi connectivity index (χ4v) is 1.95. The van der Waals surface area contributed by atoms with E-state index in [2.05, 4.69) is 25.3 Å². The van der Waals surface area contributed by atoms with Gasteiger partial charge in [-0.2, -0.15) is 4.40 Å². The maximum Gasteiger partial charge on any atom is 0.150 e. The summed E-state index contributed by atoms with van der Waals surface area (Å²) >= 11 is 3.16. The van der Waals surface area contributed by atoms with Crippen molar-refractivity contribution in [2.24, 2.45) is 4.40 Å². The predicted molar refractivity (Wildman–Crippen MR) is 72.0 cm³/mol. The Morgan fingerprint density at radius 3 is 2.65 bits per heavy atom. The van der Waals surface area contributed by atoms with E-state index in [0.29, 0.717) is 15.9 Å². The van der Waals surface area contributed by atoms with Gasteiger partial charge < -0.3 is 0 Å². The molecule has 0 bridgehead atoms. The van der Waals surface area contributed by atoms with Gasteiger partial charge in [0, 0.05) is 5.56 Å². The van der Waals surface area contributed by atoms with E-state index in [4.69, 9.17) is 0 Å². The van der Waals surface area contributed by atoms with E-state index in [1.54, 1.807) is 6.92 Å². The van der Waals surface area contributed by atoms with Crippen LogP contribution >= 0.6 is 15.9 Å². The molecule has 1 aromatic rings. The summed E-state index contributed by atoms with van der Waals surface area (Å²) < 4.78 is 29.4. The Labute approximate surface area is 111 Å². The van der Waals surface area contributed by atoms with Gasteiger partial charge in [-0.15, -0.1) is 0 Å². The van der Waals surface area contributed by atoms with Crippen molar-refractivity contribution in [1.82, 2.24) is 4.98 Å². The molecule has 0 aliphatic carbocycles. The third kappa shape index (κ3) is 3.96. The molecule has 0 unspecified atom stereocenters. The van der Waals surface area contributed by atoms with Crippen LogP contribution in [0.25, 0.3) is 0 Å². The van der Waals surface area contributed by atoms with Gasteiger partial charge in [-0.25, -0.2) is 13.6 Å². The van der Waals surface area contributed by atoms with Gasteiger partial charge in [0.15, 0.2) is 5.82 Å². The smallest absolute Gasteiger partial charge is 0.150 e. The highest BCUT2D eigenvalue weighted by atomic mass is 79.9. The minimum absolute atomic E-state index is 0.310. The van der Waals surface area contributed by atoms with Crippen molar-refractivity contribution in [3.8, 4) is 0 Å². The van der Waals surface area contributed by atoms with Crippen molar-refractivity contribution >= 4 is 32.6 Å². The van der Waals surface area contributed by atoms with Crippen LogP contribution in [0.4, 0.5) is 4.39 Å². The molecule has 0 saturated carbocycles. The molecule has 6 heteroatoms. The van der Waals surface area contributed by atoms with Gasteiger partial charge >= 0.3 is 0 Å². The van der Waals surface area contributed by atoms with E-state index >= 15 is 0 Å². The first kappa shape index (κ1) is 14.4. The highest BCUT2D eigenvalue weighted by Gasteiger charge is 2.20. The lowest BCUT2D eigenvalue weighted by Gasteiger charge is -2.14. The van der Waals surface area contributed by atoms with Crippen LogP contribution in [-0.4, -0.2) is 19.7 Å². The van der Waals surface area contributed by atoms with Gasteiger partial charge in [-0.3, -0.25) is 0 Å². The maximum atomic E-state index is 13.5. The molecule has 1 rings (SSSR count). The molecule has 0 amide bonds. The third-order valence-electron chi connectivity index (χ3n) is 1.96. The molecule has 0 aliphatic heterocycles. The fraction of sp³-hybridized carbons (Fsp3) is 0.455. The number of nitrogens with zero attached hydrogens (tertiary/aromatic N) is 2. The van der Waals surface area contributed by atoms with Gasteiger partial charge in [-0.1, -0.05) is 0 Å². The largest absolute Gasteiger partial charge is 0.246 e. The minimum atomic E-state index is -1.40. The van der Waals surface area contributed by atoms with Gasteiger partial charge in [0.1, 0.15) is 15.6 Å². The second-order valence-electron chi connectivity index (χ2n) is 4.53. The molecule has 0 spiro atoms. The van der Waals surface area contributed by atoms with E-state index in [1.165, 1.54) is 6.07 Å². The molecule has 0 aromatic carbocycles. The Morgan fingerprint density at radius 1 is 1.53 bits per heavy atom. The highest BCUT2D eigenvalue weighted by molar-refractivity contribution is 9.10. The summed E-state index contributed by atoms with van der Waals surface area (Å²) in [6, 6.07) is 1.52. The lowest BCUT2D eigenvalue weighted by atomic mass is 10.2. The summed E-state index contributed by atoms with van der Waals surface area (Å²) in [5.41, 5.74) is 0.711. The number of rotatable bonds is 2. The van der Waals surface area contributed by atoms with Crippen LogP contribution in [0.2, 0.25) is 0 Å². The zero-order valence-electron chi connectivity index (χ0n) is 10.1. The van der Waals surface area contributed by atoms with Crippen LogP contribution in [0, 0.1) is 5.82 Å². The summed E-state index contributed by atoms with van der Waals surface area (Å²) in [4.78, 5) is 3.76. The summed E-state index contributed by atoms with van der Waals surface area (Å²) in [7, 11) is -1.40. The van der Waals surface area contributed by atoms with Crippen molar-refractivity contribution < 1.29 is 8.60 Å². The second-order valence-corrected chi connectivity index (χ2v) is 7.24. The van der Waals surface area contributed by atoms with Crippen molar-refractivity contribution in [3.63, 3.8) is 0 Å². The molecule has 0 N–H and O–H groups in total. The molecular weight excluding hydrogens is 307 g/mol. The van der Waals surface area contributed by atoms with Gasteiger partial charge in [-0.05, 0) is 49.7 Å². The van der Waals surface area contributed by atoms with E-state index in [-0.39, 0.29) is 0 Å². The van der Waals surface area contributed by atoms with E-state index in [1.807, 2.05) is 20.8 Å². The quantitative estimate of drug-likeness (QED) is 0.620. The van der Waals surface area contributed by atoms with E-state index < -0.39 is 21.5 Å². The van der Waals surface area contributed by atoms with Gasteiger partial charge in [0.25, 0.3) is 0 Å². The van der Waals surface area contributed by atoms with Gasteiger partial charge in [0.05, 0.1) is 16.7 Å². The third-order valence-corrected chi connectivity index (χ3v) is 3.88. The zero-order valence-corrected chi connectivity index (χ0v) is 12.5. The van der Waals surface area contributed by atoms with Crippen LogP contribution in [0.15, 0.2) is 21.3 Å². The maximum absolute atomic E-state index is 13.5. The van der Waals surface area contributed by atoms with Crippen molar-refractivity contribution in [3.05, 3.63) is 28.2 Å². The number of halogens is 2. The highest BCUT2D eigenvalue weighted by Crippen LogP contribution is 2.17. The molecule has 0 radical (unpaired) electrons. The minimum Gasteiger partial charge on any atom is -0.246 e. The standard InChI is InChI=1S/C11H14BrFN2OS/c1-7(15-17(16)11(2,3)4)8-5-10(12)14-6-9(8)13/h5-6H,1-4H3/t17-/m1/s1. The van der Waals surface area contributed by atoms with Crippen LogP contribution in [0.5, 0.6) is 0 Å². The van der Waals surface area contributed by atoms with E-state index in [9.17, 15) is 8.60 Å². The Balaban J connectivity index is 3.12. The zero-order chi connectivity index (χ0) is 13.2. The van der Waals surface area contributed by atoms with Crippen LogP contribution in [0.1, 0.15) is 33.3 Å². The first-order valence-corrected chi connectivity index (χ1v) is 6.90. The first-order chi connectivity index (χ1) is 7.71. The molecular formula is C11H14BrFN2OS. The summed E-state index contributed by atoms with van der Waals surface area (Å²) in [5, 5.41) is 0. The van der Waals surface area contributed by atoms with Gasteiger partial charge in [0.2, 0.25) is 0 Å². The Morgan fingerprint density at radius 2 is 2.12 bits per heavy atom. The number of aromatic nitrogens is 1. The molecule has 0 saturated heterocycles. The van der Waals surface area contributed by atoms with E-state index in [0.717, 1.165) is 6.20 Å². The van der Waals surface area contributed by atoms with Crippen molar-refractivity contribution in [2.45, 2.75) is 32.4 Å². The summed E-state index contributed by atoms with van der Waals surface area (Å²) in [5.74, 6) is -0.472. The molecule has 0 fully saturated rings. The Hall–Kier alpha value is -0.620. The molecule has 0 aliphatic rings. The average molecular weight is 321 g/mol. The lowest BCUT2D eigenvalue weighted by molar-refractivity contribution is 0.618. The van der Waals surface area contributed by atoms with Crippen LogP contribution < -0.4 is 0 Å². The summed E-state index contributed by atoms with van der Waals surface area (Å²) in [6.45, 7) is 7.09. The SMILES string of the molecule is CC(=N[S@](=O)C(C)(C)C)c1cc(Br)ncc1F. The molecule has 1 atom stereocenters. The fourth-order valence-electron chi connectivity index (χ4n) is 1.00. The topological polar surface area (TPSA) is 42.3 Å². The normalized spacial score (nSPS) is 14.8.